The number of carbonyl (C=O) groups is 2. The van der Waals surface area contributed by atoms with E-state index in [1.54, 1.807) is 20.8 Å². The SMILES string of the molecule is CC(C)(C)OC(=O)NCC(C=O)c1ccc(OCc2ccccc2)cc1. The van der Waals surface area contributed by atoms with Crippen LogP contribution < -0.4 is 10.1 Å². The minimum Gasteiger partial charge on any atom is -0.489 e. The zero-order valence-corrected chi connectivity index (χ0v) is 15.4. The maximum Gasteiger partial charge on any atom is 0.407 e. The standard InChI is InChI=1S/C21H25NO4/c1-21(2,3)26-20(24)22-13-18(14-23)17-9-11-19(12-10-17)25-15-16-7-5-4-6-8-16/h4-12,14,18H,13,15H2,1-3H3,(H,22,24). The molecule has 1 atom stereocenters. The molecule has 0 aromatic heterocycles. The highest BCUT2D eigenvalue weighted by molar-refractivity contribution is 5.70. The van der Waals surface area contributed by atoms with E-state index in [4.69, 9.17) is 9.47 Å². The van der Waals surface area contributed by atoms with Crippen molar-refractivity contribution in [1.82, 2.24) is 5.32 Å². The number of hydrogen-bond acceptors (Lipinski definition) is 4. The molecule has 0 aliphatic carbocycles. The Morgan fingerprint density at radius 3 is 2.31 bits per heavy atom. The van der Waals surface area contributed by atoms with Gasteiger partial charge in [-0.05, 0) is 44.0 Å². The summed E-state index contributed by atoms with van der Waals surface area (Å²) in [5.41, 5.74) is 1.32. The van der Waals surface area contributed by atoms with Crippen molar-refractivity contribution >= 4 is 12.4 Å². The Kier molecular flexibility index (Phi) is 6.78. The van der Waals surface area contributed by atoms with Gasteiger partial charge in [-0.15, -0.1) is 0 Å². The zero-order valence-electron chi connectivity index (χ0n) is 15.4. The predicted octanol–water partition coefficient (Wildman–Crippen LogP) is 4.07. The van der Waals surface area contributed by atoms with Gasteiger partial charge in [0.05, 0.1) is 5.92 Å². The molecule has 0 heterocycles. The first-order valence-electron chi connectivity index (χ1n) is 8.56. The fourth-order valence-corrected chi connectivity index (χ4v) is 2.30. The molecule has 138 valence electrons. The number of rotatable bonds is 7. The summed E-state index contributed by atoms with van der Waals surface area (Å²) in [6.07, 6.45) is 0.282. The van der Waals surface area contributed by atoms with Crippen LogP contribution in [-0.2, 0) is 16.1 Å². The van der Waals surface area contributed by atoms with Crippen molar-refractivity contribution in [3.63, 3.8) is 0 Å². The van der Waals surface area contributed by atoms with Gasteiger partial charge in [-0.25, -0.2) is 4.79 Å². The van der Waals surface area contributed by atoms with Gasteiger partial charge in [-0.2, -0.15) is 0 Å². The quantitative estimate of drug-likeness (QED) is 0.760. The second-order valence-electron chi connectivity index (χ2n) is 6.97. The number of aldehydes is 1. The van der Waals surface area contributed by atoms with Crippen LogP contribution >= 0.6 is 0 Å². The van der Waals surface area contributed by atoms with E-state index in [-0.39, 0.29) is 6.54 Å². The van der Waals surface area contributed by atoms with Crippen molar-refractivity contribution in [2.75, 3.05) is 6.54 Å². The molecule has 1 unspecified atom stereocenters. The van der Waals surface area contributed by atoms with Crippen LogP contribution in [0.3, 0.4) is 0 Å². The predicted molar refractivity (Wildman–Crippen MR) is 100 cm³/mol. The van der Waals surface area contributed by atoms with Crippen LogP contribution in [0.2, 0.25) is 0 Å². The number of amides is 1. The van der Waals surface area contributed by atoms with Crippen molar-refractivity contribution in [3.8, 4) is 5.75 Å². The molecule has 26 heavy (non-hydrogen) atoms. The van der Waals surface area contributed by atoms with Gasteiger partial charge in [-0.3, -0.25) is 0 Å². The van der Waals surface area contributed by atoms with Crippen molar-refractivity contribution in [1.29, 1.82) is 0 Å². The van der Waals surface area contributed by atoms with E-state index in [1.807, 2.05) is 54.6 Å². The second-order valence-corrected chi connectivity index (χ2v) is 6.97. The topological polar surface area (TPSA) is 64.6 Å². The maximum absolute atomic E-state index is 11.7. The van der Waals surface area contributed by atoms with E-state index in [0.29, 0.717) is 6.61 Å². The van der Waals surface area contributed by atoms with Crippen molar-refractivity contribution in [3.05, 3.63) is 65.7 Å². The average molecular weight is 355 g/mol. The third kappa shape index (κ3) is 6.59. The molecule has 1 N–H and O–H groups in total. The Morgan fingerprint density at radius 1 is 1.08 bits per heavy atom. The lowest BCUT2D eigenvalue weighted by Gasteiger charge is -2.20. The Labute approximate surface area is 154 Å². The van der Waals surface area contributed by atoms with E-state index >= 15 is 0 Å². The Balaban J connectivity index is 1.88. The van der Waals surface area contributed by atoms with Crippen LogP contribution in [0.25, 0.3) is 0 Å². The molecule has 0 fully saturated rings. The van der Waals surface area contributed by atoms with Crippen molar-refractivity contribution < 1.29 is 19.1 Å². The molecule has 2 rings (SSSR count). The minimum atomic E-state index is -0.571. The number of alkyl carbamates (subject to hydrolysis) is 1. The summed E-state index contributed by atoms with van der Waals surface area (Å²) in [4.78, 5) is 23.1. The lowest BCUT2D eigenvalue weighted by atomic mass is 10.0. The summed E-state index contributed by atoms with van der Waals surface area (Å²) >= 11 is 0. The van der Waals surface area contributed by atoms with Crippen molar-refractivity contribution in [2.24, 2.45) is 0 Å². The van der Waals surface area contributed by atoms with Gasteiger partial charge in [0.25, 0.3) is 0 Å². The summed E-state index contributed by atoms with van der Waals surface area (Å²) in [5.74, 6) is 0.285. The summed E-state index contributed by atoms with van der Waals surface area (Å²) in [6, 6.07) is 17.2. The van der Waals surface area contributed by atoms with Crippen LogP contribution in [0.1, 0.15) is 37.8 Å². The highest BCUT2D eigenvalue weighted by Crippen LogP contribution is 2.19. The molecule has 1 amide bonds. The third-order valence-electron chi connectivity index (χ3n) is 3.59. The number of hydrogen-bond donors (Lipinski definition) is 1. The van der Waals surface area contributed by atoms with Gasteiger partial charge in [0.2, 0.25) is 0 Å². The first-order chi connectivity index (χ1) is 12.4. The minimum absolute atomic E-state index is 0.183. The second kappa shape index (κ2) is 9.04. The molecule has 0 radical (unpaired) electrons. The van der Waals surface area contributed by atoms with Gasteiger partial charge < -0.3 is 19.6 Å². The molecular weight excluding hydrogens is 330 g/mol. The molecule has 5 nitrogen and oxygen atoms in total. The summed E-state index contributed by atoms with van der Waals surface area (Å²) in [7, 11) is 0. The normalized spacial score (nSPS) is 12.1. The maximum atomic E-state index is 11.7. The molecule has 0 aliphatic rings. The largest absolute Gasteiger partial charge is 0.489 e. The van der Waals surface area contributed by atoms with Crippen LogP contribution in [-0.4, -0.2) is 24.5 Å². The van der Waals surface area contributed by atoms with Gasteiger partial charge in [-0.1, -0.05) is 42.5 Å². The highest BCUT2D eigenvalue weighted by Gasteiger charge is 2.18. The van der Waals surface area contributed by atoms with Gasteiger partial charge in [0.15, 0.2) is 0 Å². The van der Waals surface area contributed by atoms with Crippen LogP contribution in [0, 0.1) is 0 Å². The van der Waals surface area contributed by atoms with Gasteiger partial charge in [0, 0.05) is 6.54 Å². The Morgan fingerprint density at radius 2 is 1.73 bits per heavy atom. The number of ether oxygens (including phenoxy) is 2. The zero-order chi connectivity index (χ0) is 19.0. The van der Waals surface area contributed by atoms with Crippen LogP contribution in [0.15, 0.2) is 54.6 Å². The third-order valence-corrected chi connectivity index (χ3v) is 3.59. The molecule has 0 spiro atoms. The lowest BCUT2D eigenvalue weighted by Crippen LogP contribution is -2.35. The Bertz CT molecular complexity index is 705. The summed E-state index contributed by atoms with van der Waals surface area (Å²) < 4.78 is 10.9. The fourth-order valence-electron chi connectivity index (χ4n) is 2.30. The van der Waals surface area contributed by atoms with E-state index < -0.39 is 17.6 Å². The molecule has 0 bridgehead atoms. The summed E-state index contributed by atoms with van der Waals surface area (Å²) in [5, 5.41) is 2.63. The molecule has 2 aromatic carbocycles. The smallest absolute Gasteiger partial charge is 0.407 e. The molecule has 0 saturated heterocycles. The van der Waals surface area contributed by atoms with Crippen LogP contribution in [0.4, 0.5) is 4.79 Å². The van der Waals surface area contributed by atoms with Crippen molar-refractivity contribution in [2.45, 2.75) is 38.9 Å². The summed E-state index contributed by atoms with van der Waals surface area (Å²) in [6.45, 7) is 6.04. The first-order valence-corrected chi connectivity index (χ1v) is 8.56. The van der Waals surface area contributed by atoms with E-state index in [0.717, 1.165) is 23.2 Å². The fraction of sp³-hybridized carbons (Fsp3) is 0.333. The number of benzene rings is 2. The number of nitrogens with one attached hydrogen (secondary N) is 1. The first kappa shape index (κ1) is 19.5. The average Bonchev–Trinajstić information content (AvgIpc) is 2.61. The van der Waals surface area contributed by atoms with Gasteiger partial charge in [0.1, 0.15) is 24.2 Å². The van der Waals surface area contributed by atoms with Crippen LogP contribution in [0.5, 0.6) is 5.75 Å². The van der Waals surface area contributed by atoms with Gasteiger partial charge >= 0.3 is 6.09 Å². The lowest BCUT2D eigenvalue weighted by molar-refractivity contribution is -0.109. The van der Waals surface area contributed by atoms with E-state index in [9.17, 15) is 9.59 Å². The molecule has 0 saturated carbocycles. The molecule has 0 aliphatic heterocycles. The molecule has 5 heteroatoms. The highest BCUT2D eigenvalue weighted by atomic mass is 16.6. The van der Waals surface area contributed by atoms with E-state index in [1.165, 1.54) is 0 Å². The number of carbonyl (C=O) groups excluding carboxylic acids is 2. The molecular formula is C21H25NO4. The Hall–Kier alpha value is -2.82. The van der Waals surface area contributed by atoms with E-state index in [2.05, 4.69) is 5.32 Å². The molecule has 2 aromatic rings. The monoisotopic (exact) mass is 355 g/mol.